The second kappa shape index (κ2) is 5.68. The quantitative estimate of drug-likeness (QED) is 0.697. The van der Waals surface area contributed by atoms with E-state index < -0.39 is 0 Å². The van der Waals surface area contributed by atoms with Crippen molar-refractivity contribution < 1.29 is 9.53 Å². The van der Waals surface area contributed by atoms with Crippen molar-refractivity contribution in [3.63, 3.8) is 0 Å². The van der Waals surface area contributed by atoms with Gasteiger partial charge in [0.15, 0.2) is 11.5 Å². The summed E-state index contributed by atoms with van der Waals surface area (Å²) < 4.78 is 6.85. The Morgan fingerprint density at radius 2 is 2.25 bits per heavy atom. The molecule has 1 heterocycles. The lowest BCUT2D eigenvalue weighted by molar-refractivity contribution is 0.0962. The fraction of sp³-hybridized carbons (Fsp3) is 0.667. The fourth-order valence-corrected chi connectivity index (χ4v) is 1.58. The number of rotatable bonds is 6. The van der Waals surface area contributed by atoms with E-state index in [1.165, 1.54) is 0 Å². The number of aryl methyl sites for hydroxylation is 1. The van der Waals surface area contributed by atoms with Crippen molar-refractivity contribution >= 4 is 5.78 Å². The highest BCUT2D eigenvalue weighted by atomic mass is 16.5. The van der Waals surface area contributed by atoms with Gasteiger partial charge >= 0.3 is 0 Å². The van der Waals surface area contributed by atoms with Gasteiger partial charge in [-0.25, -0.2) is 0 Å². The van der Waals surface area contributed by atoms with Gasteiger partial charge in [0.25, 0.3) is 0 Å². The van der Waals surface area contributed by atoms with E-state index in [0.717, 1.165) is 6.42 Å². The molecule has 0 unspecified atom stereocenters. The summed E-state index contributed by atoms with van der Waals surface area (Å²) in [5.74, 6) is 1.23. The molecule has 0 atom stereocenters. The van der Waals surface area contributed by atoms with Crippen LogP contribution < -0.4 is 4.74 Å². The van der Waals surface area contributed by atoms with Crippen LogP contribution in [0.4, 0.5) is 0 Å². The molecule has 4 nitrogen and oxygen atoms in total. The van der Waals surface area contributed by atoms with Gasteiger partial charge in [-0.3, -0.25) is 9.48 Å². The number of hydrogen-bond donors (Lipinski definition) is 0. The van der Waals surface area contributed by atoms with Gasteiger partial charge in [-0.1, -0.05) is 13.8 Å². The minimum atomic E-state index is 0.116. The fourth-order valence-electron chi connectivity index (χ4n) is 1.58. The first-order valence-corrected chi connectivity index (χ1v) is 5.73. The molecule has 0 radical (unpaired) electrons. The molecule has 0 N–H and O–H groups in total. The topological polar surface area (TPSA) is 44.1 Å². The smallest absolute Gasteiger partial charge is 0.184 e. The Balaban J connectivity index is 2.83. The molecule has 0 spiro atoms. The Morgan fingerprint density at radius 1 is 1.56 bits per heavy atom. The second-order valence-electron chi connectivity index (χ2n) is 4.23. The summed E-state index contributed by atoms with van der Waals surface area (Å²) in [6.07, 6.45) is 3.06. The summed E-state index contributed by atoms with van der Waals surface area (Å²) in [6.45, 7) is 6.88. The van der Waals surface area contributed by atoms with Crippen LogP contribution in [0.15, 0.2) is 6.20 Å². The van der Waals surface area contributed by atoms with Gasteiger partial charge < -0.3 is 4.74 Å². The maximum atomic E-state index is 12.0. The maximum Gasteiger partial charge on any atom is 0.184 e. The molecule has 0 saturated carbocycles. The number of ketones is 1. The first-order valence-electron chi connectivity index (χ1n) is 5.73. The summed E-state index contributed by atoms with van der Waals surface area (Å²) in [5.41, 5.74) is 0.602. The van der Waals surface area contributed by atoms with Gasteiger partial charge in [0.1, 0.15) is 5.69 Å². The predicted molar refractivity (Wildman–Crippen MR) is 62.9 cm³/mol. The summed E-state index contributed by atoms with van der Waals surface area (Å²) in [6, 6.07) is 0. The molecule has 0 saturated heterocycles. The van der Waals surface area contributed by atoms with Crippen molar-refractivity contribution in [3.8, 4) is 5.75 Å². The van der Waals surface area contributed by atoms with Crippen molar-refractivity contribution in [1.82, 2.24) is 9.78 Å². The molecule has 16 heavy (non-hydrogen) atoms. The Hall–Kier alpha value is -1.32. The molecule has 0 aliphatic rings. The monoisotopic (exact) mass is 224 g/mol. The molecule has 0 aliphatic heterocycles. The van der Waals surface area contributed by atoms with Crippen molar-refractivity contribution in [1.29, 1.82) is 0 Å². The third-order valence-corrected chi connectivity index (χ3v) is 2.54. The van der Waals surface area contributed by atoms with Gasteiger partial charge in [-0.15, -0.1) is 0 Å². The highest BCUT2D eigenvalue weighted by molar-refractivity contribution is 5.96. The van der Waals surface area contributed by atoms with E-state index in [4.69, 9.17) is 4.74 Å². The molecule has 1 aromatic heterocycles. The standard InChI is InChI=1S/C12H20N2O2/c1-5-14-12(11(16-4)8-13-14)10(15)7-6-9(2)3/h8-9H,5-7H2,1-4H3. The molecule has 0 aliphatic carbocycles. The van der Waals surface area contributed by atoms with E-state index in [1.807, 2.05) is 6.92 Å². The zero-order chi connectivity index (χ0) is 12.1. The molecule has 1 rings (SSSR count). The van der Waals surface area contributed by atoms with Crippen LogP contribution in [0.1, 0.15) is 44.1 Å². The lowest BCUT2D eigenvalue weighted by Crippen LogP contribution is -2.11. The van der Waals surface area contributed by atoms with E-state index in [-0.39, 0.29) is 5.78 Å². The number of aromatic nitrogens is 2. The number of ether oxygens (including phenoxy) is 1. The zero-order valence-electron chi connectivity index (χ0n) is 10.5. The van der Waals surface area contributed by atoms with Crippen molar-refractivity contribution in [2.75, 3.05) is 7.11 Å². The highest BCUT2D eigenvalue weighted by Gasteiger charge is 2.18. The van der Waals surface area contributed by atoms with Crippen molar-refractivity contribution in [2.45, 2.75) is 40.2 Å². The molecule has 0 aromatic carbocycles. The van der Waals surface area contributed by atoms with Gasteiger partial charge in [-0.2, -0.15) is 5.10 Å². The third kappa shape index (κ3) is 2.84. The average molecular weight is 224 g/mol. The Bertz CT molecular complexity index is 334. The number of nitrogens with zero attached hydrogens (tertiary/aromatic N) is 2. The van der Waals surface area contributed by atoms with Gasteiger partial charge in [-0.05, 0) is 19.3 Å². The molecule has 1 aromatic rings. The number of methoxy groups -OCH3 is 1. The van der Waals surface area contributed by atoms with Crippen LogP contribution in [0.5, 0.6) is 5.75 Å². The molecular formula is C12H20N2O2. The van der Waals surface area contributed by atoms with Crippen molar-refractivity contribution in [3.05, 3.63) is 11.9 Å². The molecule has 0 fully saturated rings. The SMILES string of the molecule is CCn1ncc(OC)c1C(=O)CCC(C)C. The number of Topliss-reactive ketones (excluding diaryl/α,β-unsaturated/α-hetero) is 1. The van der Waals surface area contributed by atoms with Crippen LogP contribution in [0, 0.1) is 5.92 Å². The van der Waals surface area contributed by atoms with E-state index in [1.54, 1.807) is 18.0 Å². The van der Waals surface area contributed by atoms with E-state index in [0.29, 0.717) is 30.3 Å². The summed E-state index contributed by atoms with van der Waals surface area (Å²) in [5, 5.41) is 4.12. The number of carbonyl (C=O) groups excluding carboxylic acids is 1. The highest BCUT2D eigenvalue weighted by Crippen LogP contribution is 2.20. The lowest BCUT2D eigenvalue weighted by atomic mass is 10.0. The average Bonchev–Trinajstić information content (AvgIpc) is 2.68. The minimum absolute atomic E-state index is 0.116. The van der Waals surface area contributed by atoms with E-state index in [9.17, 15) is 4.79 Å². The second-order valence-corrected chi connectivity index (χ2v) is 4.23. The molecule has 0 amide bonds. The van der Waals surface area contributed by atoms with E-state index >= 15 is 0 Å². The molecule has 4 heteroatoms. The summed E-state index contributed by atoms with van der Waals surface area (Å²) in [4.78, 5) is 12.0. The Morgan fingerprint density at radius 3 is 2.75 bits per heavy atom. The first kappa shape index (κ1) is 12.7. The zero-order valence-corrected chi connectivity index (χ0v) is 10.5. The van der Waals surface area contributed by atoms with Crippen LogP contribution in [-0.2, 0) is 6.54 Å². The number of carbonyl (C=O) groups is 1. The van der Waals surface area contributed by atoms with Crippen LogP contribution in [0.2, 0.25) is 0 Å². The molecular weight excluding hydrogens is 204 g/mol. The van der Waals surface area contributed by atoms with Gasteiger partial charge in [0.05, 0.1) is 13.3 Å². The van der Waals surface area contributed by atoms with Gasteiger partial charge in [0.2, 0.25) is 0 Å². The summed E-state index contributed by atoms with van der Waals surface area (Å²) in [7, 11) is 1.57. The van der Waals surface area contributed by atoms with Crippen molar-refractivity contribution in [2.24, 2.45) is 5.92 Å². The third-order valence-electron chi connectivity index (χ3n) is 2.54. The largest absolute Gasteiger partial charge is 0.493 e. The predicted octanol–water partition coefficient (Wildman–Crippen LogP) is 2.53. The van der Waals surface area contributed by atoms with E-state index in [2.05, 4.69) is 18.9 Å². The molecule has 0 bridgehead atoms. The van der Waals surface area contributed by atoms with Crippen LogP contribution in [-0.4, -0.2) is 22.7 Å². The Labute approximate surface area is 96.6 Å². The van der Waals surface area contributed by atoms with Crippen LogP contribution >= 0.6 is 0 Å². The normalized spacial score (nSPS) is 10.8. The van der Waals surface area contributed by atoms with Crippen LogP contribution in [0.3, 0.4) is 0 Å². The lowest BCUT2D eigenvalue weighted by Gasteiger charge is -2.07. The number of hydrogen-bond acceptors (Lipinski definition) is 3. The molecule has 90 valence electrons. The maximum absolute atomic E-state index is 12.0. The van der Waals surface area contributed by atoms with Gasteiger partial charge in [0, 0.05) is 13.0 Å². The summed E-state index contributed by atoms with van der Waals surface area (Å²) >= 11 is 0. The Kier molecular flexibility index (Phi) is 4.52. The minimum Gasteiger partial charge on any atom is -0.493 e. The van der Waals surface area contributed by atoms with Crippen LogP contribution in [0.25, 0.3) is 0 Å². The first-order chi connectivity index (χ1) is 7.60.